The number of benzene rings is 1. The van der Waals surface area contributed by atoms with Gasteiger partial charge in [-0.25, -0.2) is 4.98 Å². The van der Waals surface area contributed by atoms with Crippen LogP contribution in [0.4, 0.5) is 0 Å². The van der Waals surface area contributed by atoms with Crippen LogP contribution < -0.4 is 5.73 Å². The molecule has 3 aromatic rings. The summed E-state index contributed by atoms with van der Waals surface area (Å²) >= 11 is 0. The van der Waals surface area contributed by atoms with E-state index in [0.717, 1.165) is 29.8 Å². The topological polar surface area (TPSA) is 59.1 Å². The smallest absolute Gasteiger partial charge is 0.212 e. The van der Waals surface area contributed by atoms with Gasteiger partial charge in [0.05, 0.1) is 11.0 Å². The van der Waals surface area contributed by atoms with Crippen molar-refractivity contribution >= 4 is 16.8 Å². The lowest BCUT2D eigenvalue weighted by Crippen LogP contribution is -2.02. The van der Waals surface area contributed by atoms with Crippen LogP contribution in [0.15, 0.2) is 24.4 Å². The van der Waals surface area contributed by atoms with Gasteiger partial charge in [0.15, 0.2) is 0 Å². The van der Waals surface area contributed by atoms with Crippen LogP contribution in [0.2, 0.25) is 0 Å². The van der Waals surface area contributed by atoms with Gasteiger partial charge in [-0.1, -0.05) is 19.1 Å². The third-order valence-corrected chi connectivity index (χ3v) is 3.16. The number of H-pyrrole nitrogens is 1. The van der Waals surface area contributed by atoms with Gasteiger partial charge in [-0.2, -0.15) is 0 Å². The fourth-order valence-electron chi connectivity index (χ4n) is 2.29. The molecule has 0 saturated carbocycles. The van der Waals surface area contributed by atoms with E-state index in [1.54, 1.807) is 0 Å². The van der Waals surface area contributed by atoms with E-state index in [-0.39, 0.29) is 0 Å². The summed E-state index contributed by atoms with van der Waals surface area (Å²) < 4.78 is 2.11. The minimum absolute atomic E-state index is 0.655. The van der Waals surface area contributed by atoms with E-state index >= 15 is 0 Å². The SMILES string of the molecule is CCc1cccc2c1nc1[nH]c(CCN)cn12. The van der Waals surface area contributed by atoms with E-state index < -0.39 is 0 Å². The van der Waals surface area contributed by atoms with Crippen molar-refractivity contribution < 1.29 is 0 Å². The van der Waals surface area contributed by atoms with Crippen LogP contribution in [0.25, 0.3) is 16.8 Å². The van der Waals surface area contributed by atoms with Crippen molar-refractivity contribution in [2.75, 3.05) is 6.54 Å². The number of aromatic amines is 1. The Morgan fingerprint density at radius 2 is 2.29 bits per heavy atom. The monoisotopic (exact) mass is 228 g/mol. The second kappa shape index (κ2) is 3.89. The quantitative estimate of drug-likeness (QED) is 0.719. The molecule has 0 aliphatic rings. The number of aromatic nitrogens is 3. The Morgan fingerprint density at radius 3 is 3.06 bits per heavy atom. The van der Waals surface area contributed by atoms with Crippen molar-refractivity contribution in [3.63, 3.8) is 0 Å². The van der Waals surface area contributed by atoms with Crippen LogP contribution >= 0.6 is 0 Å². The van der Waals surface area contributed by atoms with Crippen LogP contribution in [0, 0.1) is 0 Å². The third kappa shape index (κ3) is 1.52. The van der Waals surface area contributed by atoms with E-state index in [0.29, 0.717) is 6.54 Å². The first-order valence-electron chi connectivity index (χ1n) is 6.01. The van der Waals surface area contributed by atoms with Gasteiger partial charge in [-0.15, -0.1) is 0 Å². The zero-order chi connectivity index (χ0) is 11.8. The minimum Gasteiger partial charge on any atom is -0.330 e. The molecular weight excluding hydrogens is 212 g/mol. The number of nitrogens with one attached hydrogen (secondary N) is 1. The molecule has 4 nitrogen and oxygen atoms in total. The van der Waals surface area contributed by atoms with Gasteiger partial charge in [-0.05, 0) is 24.6 Å². The summed E-state index contributed by atoms with van der Waals surface area (Å²) in [5.74, 6) is 0.907. The molecule has 0 fully saturated rings. The van der Waals surface area contributed by atoms with Gasteiger partial charge >= 0.3 is 0 Å². The molecule has 0 aliphatic heterocycles. The zero-order valence-electron chi connectivity index (χ0n) is 9.90. The Hall–Kier alpha value is -1.81. The van der Waals surface area contributed by atoms with Crippen molar-refractivity contribution in [3.8, 4) is 0 Å². The molecule has 0 radical (unpaired) electrons. The fourth-order valence-corrected chi connectivity index (χ4v) is 2.29. The molecule has 3 N–H and O–H groups in total. The summed E-state index contributed by atoms with van der Waals surface area (Å²) in [6.07, 6.45) is 3.96. The van der Waals surface area contributed by atoms with Crippen LogP contribution in [-0.2, 0) is 12.8 Å². The first kappa shape index (κ1) is 10.4. The Balaban J connectivity index is 2.26. The number of aryl methyl sites for hydroxylation is 1. The van der Waals surface area contributed by atoms with E-state index in [1.165, 1.54) is 11.1 Å². The predicted octanol–water partition coefficient (Wildman–Crippen LogP) is 1.88. The van der Waals surface area contributed by atoms with Crippen molar-refractivity contribution in [1.29, 1.82) is 0 Å². The Morgan fingerprint density at radius 1 is 1.41 bits per heavy atom. The average Bonchev–Trinajstić information content (AvgIpc) is 2.86. The largest absolute Gasteiger partial charge is 0.330 e. The maximum Gasteiger partial charge on any atom is 0.212 e. The Bertz CT molecular complexity index is 662. The highest BCUT2D eigenvalue weighted by atomic mass is 15.1. The molecule has 1 aromatic carbocycles. The van der Waals surface area contributed by atoms with Gasteiger partial charge in [0.1, 0.15) is 0 Å². The molecular formula is C13H16N4. The number of rotatable bonds is 3. The van der Waals surface area contributed by atoms with E-state index in [4.69, 9.17) is 5.73 Å². The number of imidazole rings is 2. The molecule has 3 rings (SSSR count). The zero-order valence-corrected chi connectivity index (χ0v) is 9.90. The number of nitrogens with zero attached hydrogens (tertiary/aromatic N) is 2. The highest BCUT2D eigenvalue weighted by Gasteiger charge is 2.09. The predicted molar refractivity (Wildman–Crippen MR) is 69.2 cm³/mol. The molecule has 0 amide bonds. The number of hydrogen-bond acceptors (Lipinski definition) is 2. The van der Waals surface area contributed by atoms with Gasteiger partial charge < -0.3 is 10.7 Å². The number of hydrogen-bond donors (Lipinski definition) is 2. The highest BCUT2D eigenvalue weighted by Crippen LogP contribution is 2.21. The second-order valence-corrected chi connectivity index (χ2v) is 4.26. The number of fused-ring (bicyclic) bond motifs is 3. The van der Waals surface area contributed by atoms with Gasteiger partial charge in [0, 0.05) is 18.3 Å². The molecule has 0 saturated heterocycles. The molecule has 0 unspecified atom stereocenters. The summed E-state index contributed by atoms with van der Waals surface area (Å²) in [5.41, 5.74) is 10.3. The molecule has 17 heavy (non-hydrogen) atoms. The molecule has 0 aliphatic carbocycles. The van der Waals surface area contributed by atoms with E-state index in [2.05, 4.69) is 45.7 Å². The van der Waals surface area contributed by atoms with Gasteiger partial charge in [0.2, 0.25) is 5.78 Å². The standard InChI is InChI=1S/C13H16N4/c1-2-9-4-3-5-11-12(9)16-13-15-10(6-7-14)8-17(11)13/h3-5,8H,2,6-7,14H2,1H3,(H,15,16). The summed E-state index contributed by atoms with van der Waals surface area (Å²) in [7, 11) is 0. The highest BCUT2D eigenvalue weighted by molar-refractivity contribution is 5.82. The van der Waals surface area contributed by atoms with Gasteiger partial charge in [-0.3, -0.25) is 4.40 Å². The molecule has 2 aromatic heterocycles. The first-order valence-corrected chi connectivity index (χ1v) is 6.01. The molecule has 2 heterocycles. The lowest BCUT2D eigenvalue weighted by atomic mass is 10.1. The summed E-state index contributed by atoms with van der Waals surface area (Å²) in [6.45, 7) is 2.81. The maximum atomic E-state index is 5.56. The van der Waals surface area contributed by atoms with E-state index in [1.807, 2.05) is 0 Å². The van der Waals surface area contributed by atoms with E-state index in [9.17, 15) is 0 Å². The number of para-hydroxylation sites is 1. The van der Waals surface area contributed by atoms with Crippen molar-refractivity contribution in [2.45, 2.75) is 19.8 Å². The minimum atomic E-state index is 0.655. The summed E-state index contributed by atoms with van der Waals surface area (Å²) in [6, 6.07) is 6.33. The summed E-state index contributed by atoms with van der Waals surface area (Å²) in [5, 5.41) is 0. The van der Waals surface area contributed by atoms with Crippen molar-refractivity contribution in [2.24, 2.45) is 5.73 Å². The normalized spacial score (nSPS) is 11.6. The fraction of sp³-hybridized carbons (Fsp3) is 0.308. The lowest BCUT2D eigenvalue weighted by molar-refractivity contribution is 0.936. The average molecular weight is 228 g/mol. The molecule has 0 atom stereocenters. The van der Waals surface area contributed by atoms with Crippen LogP contribution in [-0.4, -0.2) is 20.9 Å². The Kier molecular flexibility index (Phi) is 2.37. The Labute approximate surface area is 99.5 Å². The lowest BCUT2D eigenvalue weighted by Gasteiger charge is -1.97. The van der Waals surface area contributed by atoms with Gasteiger partial charge in [0.25, 0.3) is 0 Å². The second-order valence-electron chi connectivity index (χ2n) is 4.26. The first-order chi connectivity index (χ1) is 8.33. The van der Waals surface area contributed by atoms with Crippen LogP contribution in [0.3, 0.4) is 0 Å². The van der Waals surface area contributed by atoms with Crippen molar-refractivity contribution in [3.05, 3.63) is 35.7 Å². The molecule has 0 spiro atoms. The summed E-state index contributed by atoms with van der Waals surface area (Å²) in [4.78, 5) is 7.96. The molecule has 88 valence electrons. The molecule has 4 heteroatoms. The van der Waals surface area contributed by atoms with Crippen LogP contribution in [0.1, 0.15) is 18.2 Å². The molecule has 0 bridgehead atoms. The van der Waals surface area contributed by atoms with Crippen LogP contribution in [0.5, 0.6) is 0 Å². The maximum absolute atomic E-state index is 5.56. The van der Waals surface area contributed by atoms with Crippen molar-refractivity contribution in [1.82, 2.24) is 14.4 Å². The number of nitrogens with two attached hydrogens (primary N) is 1. The third-order valence-electron chi connectivity index (χ3n) is 3.16.